The zero-order chi connectivity index (χ0) is 20.5. The van der Waals surface area contributed by atoms with Crippen LogP contribution in [0.3, 0.4) is 0 Å². The van der Waals surface area contributed by atoms with Crippen LogP contribution in [-0.4, -0.2) is 33.2 Å². The van der Waals surface area contributed by atoms with Crippen LogP contribution in [0.15, 0.2) is 54.6 Å². The van der Waals surface area contributed by atoms with Gasteiger partial charge in [0, 0.05) is 5.56 Å². The third kappa shape index (κ3) is 5.39. The van der Waals surface area contributed by atoms with Gasteiger partial charge in [-0.05, 0) is 68.0 Å². The smallest absolute Gasteiger partial charge is 0.203 e. The summed E-state index contributed by atoms with van der Waals surface area (Å²) in [5, 5.41) is 0. The lowest BCUT2D eigenvalue weighted by Gasteiger charge is -2.12. The largest absolute Gasteiger partial charge is 0.493 e. The van der Waals surface area contributed by atoms with Crippen LogP contribution >= 0.6 is 0 Å². The number of carbonyl (C=O) groups is 1. The quantitative estimate of drug-likeness (QED) is 0.349. The number of rotatable bonds is 9. The third-order valence-corrected chi connectivity index (χ3v) is 4.04. The Hall–Kier alpha value is -3.21. The Morgan fingerprint density at radius 1 is 0.964 bits per heavy atom. The summed E-state index contributed by atoms with van der Waals surface area (Å²) in [6.45, 7) is 3.90. The van der Waals surface area contributed by atoms with Gasteiger partial charge in [-0.15, -0.1) is 0 Å². The van der Waals surface area contributed by atoms with Crippen LogP contribution in [0.2, 0.25) is 0 Å². The molecule has 2 aromatic carbocycles. The predicted octanol–water partition coefficient (Wildman–Crippen LogP) is 4.95. The molecule has 0 aliphatic carbocycles. The molecule has 0 aliphatic heterocycles. The molecule has 0 N–H and O–H groups in total. The molecule has 0 saturated heterocycles. The Labute approximate surface area is 166 Å². The van der Waals surface area contributed by atoms with E-state index in [1.54, 1.807) is 63.8 Å². The molecule has 0 amide bonds. The van der Waals surface area contributed by atoms with Gasteiger partial charge >= 0.3 is 0 Å². The maximum atomic E-state index is 12.5. The fourth-order valence-corrected chi connectivity index (χ4v) is 2.69. The van der Waals surface area contributed by atoms with Gasteiger partial charge in [-0.25, -0.2) is 0 Å². The van der Waals surface area contributed by atoms with E-state index in [1.807, 2.05) is 26.0 Å². The summed E-state index contributed by atoms with van der Waals surface area (Å²) in [4.78, 5) is 12.5. The van der Waals surface area contributed by atoms with E-state index in [1.165, 1.54) is 6.08 Å². The van der Waals surface area contributed by atoms with Crippen LogP contribution in [0.25, 0.3) is 6.08 Å². The fraction of sp³-hybridized carbons (Fsp3) is 0.261. The van der Waals surface area contributed by atoms with Crippen molar-refractivity contribution in [1.82, 2.24) is 0 Å². The van der Waals surface area contributed by atoms with Gasteiger partial charge in [-0.1, -0.05) is 12.2 Å². The summed E-state index contributed by atoms with van der Waals surface area (Å²) >= 11 is 0. The first-order valence-corrected chi connectivity index (χ1v) is 8.94. The Bertz CT molecular complexity index is 825. The number of methoxy groups -OCH3 is 3. The Morgan fingerprint density at radius 2 is 1.57 bits per heavy atom. The third-order valence-electron chi connectivity index (χ3n) is 4.04. The first kappa shape index (κ1) is 21.1. The van der Waals surface area contributed by atoms with Gasteiger partial charge in [0.2, 0.25) is 5.75 Å². The van der Waals surface area contributed by atoms with Crippen LogP contribution in [0, 0.1) is 0 Å². The van der Waals surface area contributed by atoms with Crippen molar-refractivity contribution in [1.29, 1.82) is 0 Å². The van der Waals surface area contributed by atoms with Gasteiger partial charge in [0.15, 0.2) is 17.3 Å². The van der Waals surface area contributed by atoms with E-state index in [2.05, 4.69) is 0 Å². The summed E-state index contributed by atoms with van der Waals surface area (Å²) in [6.07, 6.45) is 7.10. The molecule has 2 aromatic rings. The number of allylic oxidation sites excluding steroid dienone is 2. The molecule has 0 aliphatic rings. The molecular weight excluding hydrogens is 356 g/mol. The number of carbonyl (C=O) groups excluding carboxylic acids is 1. The highest BCUT2D eigenvalue weighted by atomic mass is 16.5. The lowest BCUT2D eigenvalue weighted by molar-refractivity contribution is 0.104. The molecule has 5 nitrogen and oxygen atoms in total. The molecule has 0 fully saturated rings. The second-order valence-corrected chi connectivity index (χ2v) is 6.03. The van der Waals surface area contributed by atoms with Crippen LogP contribution < -0.4 is 18.9 Å². The maximum absolute atomic E-state index is 12.5. The number of hydrogen-bond donors (Lipinski definition) is 0. The first-order valence-electron chi connectivity index (χ1n) is 8.94. The van der Waals surface area contributed by atoms with Gasteiger partial charge in [-0.2, -0.15) is 0 Å². The average Bonchev–Trinajstić information content (AvgIpc) is 2.71. The summed E-state index contributed by atoms with van der Waals surface area (Å²) in [7, 11) is 4.65. The van der Waals surface area contributed by atoms with E-state index >= 15 is 0 Å². The van der Waals surface area contributed by atoms with E-state index in [9.17, 15) is 4.79 Å². The van der Waals surface area contributed by atoms with Gasteiger partial charge in [-0.3, -0.25) is 4.79 Å². The molecule has 0 radical (unpaired) electrons. The highest BCUT2D eigenvalue weighted by Gasteiger charge is 2.12. The van der Waals surface area contributed by atoms with Crippen LogP contribution in [0.5, 0.6) is 23.0 Å². The molecule has 0 bridgehead atoms. The van der Waals surface area contributed by atoms with Crippen molar-refractivity contribution in [2.45, 2.75) is 20.0 Å². The van der Waals surface area contributed by atoms with Crippen molar-refractivity contribution < 1.29 is 23.7 Å². The summed E-state index contributed by atoms with van der Waals surface area (Å²) < 4.78 is 21.7. The van der Waals surface area contributed by atoms with E-state index in [0.29, 0.717) is 22.8 Å². The standard InChI is InChI=1S/C23H26O5/c1-6-7-16(2)28-19-11-9-18(10-12-19)20(24)13-8-17-14-21(25-3)23(27-5)22(15-17)26-4/h6-16H,1-5H3. The number of ketones is 1. The number of hydrogen-bond acceptors (Lipinski definition) is 5. The van der Waals surface area contributed by atoms with Gasteiger partial charge < -0.3 is 18.9 Å². The molecule has 0 saturated carbocycles. The van der Waals surface area contributed by atoms with Crippen molar-refractivity contribution >= 4 is 11.9 Å². The van der Waals surface area contributed by atoms with Crippen molar-refractivity contribution in [2.75, 3.05) is 21.3 Å². The summed E-state index contributed by atoms with van der Waals surface area (Å²) in [5.41, 5.74) is 1.35. The van der Waals surface area contributed by atoms with Gasteiger partial charge in [0.25, 0.3) is 0 Å². The Balaban J connectivity index is 2.15. The predicted molar refractivity (Wildman–Crippen MR) is 111 cm³/mol. The first-order chi connectivity index (χ1) is 13.5. The molecule has 1 unspecified atom stereocenters. The fourth-order valence-electron chi connectivity index (χ4n) is 2.69. The average molecular weight is 382 g/mol. The summed E-state index contributed by atoms with van der Waals surface area (Å²) in [5.74, 6) is 2.19. The molecule has 28 heavy (non-hydrogen) atoms. The zero-order valence-corrected chi connectivity index (χ0v) is 16.9. The van der Waals surface area contributed by atoms with E-state index in [4.69, 9.17) is 18.9 Å². The molecule has 148 valence electrons. The van der Waals surface area contributed by atoms with Crippen LogP contribution in [0.4, 0.5) is 0 Å². The zero-order valence-electron chi connectivity index (χ0n) is 16.9. The lowest BCUT2D eigenvalue weighted by atomic mass is 10.1. The van der Waals surface area contributed by atoms with Crippen molar-refractivity contribution in [2.24, 2.45) is 0 Å². The number of benzene rings is 2. The highest BCUT2D eigenvalue weighted by Crippen LogP contribution is 2.38. The van der Waals surface area contributed by atoms with E-state index in [0.717, 1.165) is 11.3 Å². The van der Waals surface area contributed by atoms with Crippen LogP contribution in [-0.2, 0) is 0 Å². The van der Waals surface area contributed by atoms with Crippen molar-refractivity contribution in [3.05, 3.63) is 65.8 Å². The second kappa shape index (κ2) is 10.2. The Morgan fingerprint density at radius 3 is 2.07 bits per heavy atom. The minimum absolute atomic E-state index is 0.0218. The SMILES string of the molecule is CC=CC(C)Oc1ccc(C(=O)C=Cc2cc(OC)c(OC)c(OC)c2)cc1. The maximum Gasteiger partial charge on any atom is 0.203 e. The molecule has 2 rings (SSSR count). The van der Waals surface area contributed by atoms with Crippen molar-refractivity contribution in [3.8, 4) is 23.0 Å². The topological polar surface area (TPSA) is 54.0 Å². The number of ether oxygens (including phenoxy) is 4. The summed E-state index contributed by atoms with van der Waals surface area (Å²) in [6, 6.07) is 10.6. The molecule has 1 atom stereocenters. The lowest BCUT2D eigenvalue weighted by Crippen LogP contribution is -2.07. The molecular formula is C23H26O5. The minimum atomic E-state index is -0.109. The minimum Gasteiger partial charge on any atom is -0.493 e. The van der Waals surface area contributed by atoms with E-state index in [-0.39, 0.29) is 11.9 Å². The van der Waals surface area contributed by atoms with Crippen LogP contribution in [0.1, 0.15) is 29.8 Å². The normalized spacial score (nSPS) is 12.2. The Kier molecular flexibility index (Phi) is 7.69. The highest BCUT2D eigenvalue weighted by molar-refractivity contribution is 6.06. The second-order valence-electron chi connectivity index (χ2n) is 6.03. The van der Waals surface area contributed by atoms with Gasteiger partial charge in [0.1, 0.15) is 11.9 Å². The van der Waals surface area contributed by atoms with Crippen molar-refractivity contribution in [3.63, 3.8) is 0 Å². The molecule has 0 heterocycles. The molecule has 0 spiro atoms. The van der Waals surface area contributed by atoms with E-state index < -0.39 is 0 Å². The molecule has 0 aromatic heterocycles. The monoisotopic (exact) mass is 382 g/mol. The molecule has 5 heteroatoms. The van der Waals surface area contributed by atoms with Gasteiger partial charge in [0.05, 0.1) is 21.3 Å².